The number of rotatable bonds is 9. The Bertz CT molecular complexity index is 851. The summed E-state index contributed by atoms with van der Waals surface area (Å²) in [5.41, 5.74) is 5.74. The molecule has 0 aliphatic rings. The van der Waals surface area contributed by atoms with Crippen LogP contribution in [0, 0.1) is 0 Å². The third-order valence-corrected chi connectivity index (χ3v) is 5.91. The molecule has 146 valence electrons. The van der Waals surface area contributed by atoms with Crippen LogP contribution < -0.4 is 10.6 Å². The molecule has 0 spiro atoms. The summed E-state index contributed by atoms with van der Waals surface area (Å²) >= 11 is 0.812. The van der Waals surface area contributed by atoms with Crippen LogP contribution in [0.1, 0.15) is 27.7 Å². The van der Waals surface area contributed by atoms with E-state index in [4.69, 9.17) is 19.5 Å². The molecule has 2 aromatic heterocycles. The minimum absolute atomic E-state index is 0.0727. The first-order chi connectivity index (χ1) is 12.1. The van der Waals surface area contributed by atoms with Crippen LogP contribution in [-0.4, -0.2) is 44.8 Å². The van der Waals surface area contributed by atoms with Gasteiger partial charge in [-0.2, -0.15) is 9.97 Å². The van der Waals surface area contributed by atoms with E-state index in [0.717, 1.165) is 11.3 Å². The smallest absolute Gasteiger partial charge is 0.356 e. The number of hydrogen-bond donors (Lipinski definition) is 2. The van der Waals surface area contributed by atoms with Crippen molar-refractivity contribution in [2.45, 2.75) is 46.4 Å². The van der Waals surface area contributed by atoms with Gasteiger partial charge in [0.2, 0.25) is 11.8 Å². The summed E-state index contributed by atoms with van der Waals surface area (Å²) in [5.74, 6) is -0.475. The molecule has 10 nitrogen and oxygen atoms in total. The molecule has 3 N–H and O–H groups in total. The van der Waals surface area contributed by atoms with Crippen LogP contribution in [0.5, 0.6) is 5.88 Å². The Balaban J connectivity index is 2.05. The molecule has 0 amide bonds. The second-order valence-corrected chi connectivity index (χ2v) is 8.90. The number of nitrogens with zero attached hydrogens (tertiary/aromatic N) is 3. The number of nitrogens with two attached hydrogens (primary N) is 1. The quantitative estimate of drug-likeness (QED) is 0.473. The van der Waals surface area contributed by atoms with E-state index in [1.165, 1.54) is 4.57 Å². The molecule has 0 aliphatic carbocycles. The highest BCUT2D eigenvalue weighted by Crippen LogP contribution is 2.50. The molecule has 12 heteroatoms. The summed E-state index contributed by atoms with van der Waals surface area (Å²) in [7, 11) is -3.41. The van der Waals surface area contributed by atoms with Crippen molar-refractivity contribution in [2.24, 2.45) is 0 Å². The molecular weight excluding hydrogens is 383 g/mol. The second-order valence-electron chi connectivity index (χ2n) is 6.03. The molecule has 0 unspecified atom stereocenters. The average Bonchev–Trinajstić information content (AvgIpc) is 2.78. The van der Waals surface area contributed by atoms with Crippen molar-refractivity contribution >= 4 is 35.2 Å². The van der Waals surface area contributed by atoms with Gasteiger partial charge in [0, 0.05) is 0 Å². The van der Waals surface area contributed by atoms with Gasteiger partial charge in [-0.25, -0.2) is 0 Å². The van der Waals surface area contributed by atoms with E-state index in [0.29, 0.717) is 0 Å². The van der Waals surface area contributed by atoms with E-state index in [1.807, 2.05) is 0 Å². The Kier molecular flexibility index (Phi) is 6.75. The van der Waals surface area contributed by atoms with Gasteiger partial charge >= 0.3 is 12.5 Å². The van der Waals surface area contributed by atoms with Gasteiger partial charge in [0.15, 0.2) is 5.65 Å². The number of nitrogen functional groups attached to an aromatic ring is 1. The molecular formula is C14H23N4O6PS. The fraction of sp³-hybridized carbons (Fsp3) is 0.643. The Hall–Kier alpha value is -1.52. The molecule has 0 aromatic carbocycles. The monoisotopic (exact) mass is 406 g/mol. The number of anilines is 1. The molecule has 26 heavy (non-hydrogen) atoms. The van der Waals surface area contributed by atoms with Crippen LogP contribution in [0.25, 0.3) is 10.3 Å². The molecule has 0 aliphatic heterocycles. The molecule has 0 saturated heterocycles. The SMILES string of the molecule is CC(C)OP(=O)(COCCn1c(=O)sc2c(O)nc(N)nc21)OC(C)C. The van der Waals surface area contributed by atoms with Gasteiger partial charge in [-0.05, 0) is 27.7 Å². The Labute approximate surface area is 154 Å². The van der Waals surface area contributed by atoms with Gasteiger partial charge in [-0.15, -0.1) is 0 Å². The minimum Gasteiger partial charge on any atom is -0.492 e. The lowest BCUT2D eigenvalue weighted by Gasteiger charge is -2.22. The maximum Gasteiger partial charge on any atom is 0.356 e. The molecule has 2 aromatic rings. The summed E-state index contributed by atoms with van der Waals surface area (Å²) in [6.07, 6.45) is -0.800. The van der Waals surface area contributed by atoms with Crippen molar-refractivity contribution in [2.75, 3.05) is 18.7 Å². The van der Waals surface area contributed by atoms with Gasteiger partial charge < -0.3 is 24.6 Å². The predicted molar refractivity (Wildman–Crippen MR) is 98.6 cm³/mol. The van der Waals surface area contributed by atoms with E-state index in [-0.39, 0.29) is 58.8 Å². The first kappa shape index (κ1) is 20.8. The topological polar surface area (TPSA) is 139 Å². The maximum absolute atomic E-state index is 12.7. The second kappa shape index (κ2) is 8.45. The van der Waals surface area contributed by atoms with E-state index >= 15 is 0 Å². The third kappa shape index (κ3) is 5.24. The van der Waals surface area contributed by atoms with Crippen LogP contribution in [0.15, 0.2) is 4.79 Å². The van der Waals surface area contributed by atoms with Crippen molar-refractivity contribution in [1.29, 1.82) is 0 Å². The normalized spacial score (nSPS) is 12.5. The number of hydrogen-bond acceptors (Lipinski definition) is 10. The fourth-order valence-electron chi connectivity index (χ4n) is 2.20. The van der Waals surface area contributed by atoms with Crippen molar-refractivity contribution in [3.05, 3.63) is 9.67 Å². The Morgan fingerprint density at radius 2 is 1.85 bits per heavy atom. The van der Waals surface area contributed by atoms with Crippen molar-refractivity contribution < 1.29 is 23.5 Å². The lowest BCUT2D eigenvalue weighted by Crippen LogP contribution is -2.18. The van der Waals surface area contributed by atoms with Gasteiger partial charge in [0.25, 0.3) is 0 Å². The van der Waals surface area contributed by atoms with Crippen LogP contribution in [0.2, 0.25) is 0 Å². The Morgan fingerprint density at radius 3 is 2.42 bits per heavy atom. The number of aromatic hydroxyl groups is 1. The third-order valence-electron chi connectivity index (χ3n) is 2.96. The lowest BCUT2D eigenvalue weighted by atomic mass is 10.5. The van der Waals surface area contributed by atoms with E-state index in [2.05, 4.69) is 9.97 Å². The molecule has 0 saturated carbocycles. The van der Waals surface area contributed by atoms with E-state index < -0.39 is 7.60 Å². The molecule has 2 heterocycles. The predicted octanol–water partition coefficient (Wildman–Crippen LogP) is 2.16. The van der Waals surface area contributed by atoms with Crippen LogP contribution in [-0.2, 0) is 24.9 Å². The highest BCUT2D eigenvalue weighted by molar-refractivity contribution is 7.53. The van der Waals surface area contributed by atoms with Crippen molar-refractivity contribution in [3.8, 4) is 5.88 Å². The maximum atomic E-state index is 12.7. The number of aromatic nitrogens is 3. The lowest BCUT2D eigenvalue weighted by molar-refractivity contribution is 0.0960. The molecule has 0 fully saturated rings. The zero-order chi connectivity index (χ0) is 19.5. The summed E-state index contributed by atoms with van der Waals surface area (Å²) < 4.78 is 30.4. The van der Waals surface area contributed by atoms with Gasteiger partial charge in [-0.3, -0.25) is 13.9 Å². The van der Waals surface area contributed by atoms with Crippen molar-refractivity contribution in [1.82, 2.24) is 14.5 Å². The largest absolute Gasteiger partial charge is 0.492 e. The summed E-state index contributed by atoms with van der Waals surface area (Å²) in [6.45, 7) is 7.23. The minimum atomic E-state index is -3.41. The van der Waals surface area contributed by atoms with Crippen molar-refractivity contribution in [3.63, 3.8) is 0 Å². The van der Waals surface area contributed by atoms with Crippen LogP contribution in [0.4, 0.5) is 5.95 Å². The average molecular weight is 406 g/mol. The summed E-state index contributed by atoms with van der Waals surface area (Å²) in [5, 5.41) is 9.76. The highest BCUT2D eigenvalue weighted by Gasteiger charge is 2.28. The number of thiazole rings is 1. The van der Waals surface area contributed by atoms with Crippen LogP contribution in [0.3, 0.4) is 0 Å². The molecule has 0 radical (unpaired) electrons. The summed E-state index contributed by atoms with van der Waals surface area (Å²) in [6, 6.07) is 0. The Morgan fingerprint density at radius 1 is 1.23 bits per heavy atom. The van der Waals surface area contributed by atoms with E-state index in [9.17, 15) is 14.5 Å². The summed E-state index contributed by atoms with van der Waals surface area (Å²) in [4.78, 5) is 19.4. The zero-order valence-corrected chi connectivity index (χ0v) is 16.7. The number of fused-ring (bicyclic) bond motifs is 1. The molecule has 0 bridgehead atoms. The first-order valence-electron chi connectivity index (χ1n) is 8.00. The standard InChI is InChI=1S/C14H23N4O6PS/c1-8(2)23-25(21,24-9(3)4)7-22-6-5-18-11-10(26-14(18)20)12(19)17-13(15)16-11/h8-9H,5-7H2,1-4H3,(H3,15,16,17,19). The highest BCUT2D eigenvalue weighted by atomic mass is 32.1. The van der Waals surface area contributed by atoms with Gasteiger partial charge in [-0.1, -0.05) is 11.3 Å². The first-order valence-corrected chi connectivity index (χ1v) is 10.5. The number of ether oxygens (including phenoxy) is 1. The van der Waals surface area contributed by atoms with Gasteiger partial charge in [0.05, 0.1) is 25.4 Å². The fourth-order valence-corrected chi connectivity index (χ4v) is 4.86. The van der Waals surface area contributed by atoms with Crippen LogP contribution >= 0.6 is 18.9 Å². The van der Waals surface area contributed by atoms with Gasteiger partial charge in [0.1, 0.15) is 11.0 Å². The van der Waals surface area contributed by atoms with E-state index in [1.54, 1.807) is 27.7 Å². The zero-order valence-electron chi connectivity index (χ0n) is 15.0. The molecule has 0 atom stereocenters. The molecule has 2 rings (SSSR count).